The predicted molar refractivity (Wildman–Crippen MR) is 264 cm³/mol. The van der Waals surface area contributed by atoms with Crippen molar-refractivity contribution in [2.45, 2.75) is 51.4 Å². The van der Waals surface area contributed by atoms with E-state index in [0.29, 0.717) is 0 Å². The van der Waals surface area contributed by atoms with E-state index >= 15 is 0 Å². The molecule has 2 aromatic heterocycles. The number of nitrogens with zero attached hydrogens (tertiary/aromatic N) is 2. The molecule has 2 heterocycles. The summed E-state index contributed by atoms with van der Waals surface area (Å²) in [5.74, 6) is 0. The van der Waals surface area contributed by atoms with Gasteiger partial charge in [-0.3, -0.25) is 0 Å². The third-order valence-corrected chi connectivity index (χ3v) is 14.1. The maximum Gasteiger partial charge on any atom is 0.0541 e. The zero-order chi connectivity index (χ0) is 41.7. The zero-order valence-electron chi connectivity index (χ0n) is 35.8. The van der Waals surface area contributed by atoms with E-state index in [1.807, 2.05) is 0 Å². The molecule has 0 saturated heterocycles. The fourth-order valence-electron chi connectivity index (χ4n) is 11.0. The maximum absolute atomic E-state index is 2.51. The summed E-state index contributed by atoms with van der Waals surface area (Å²) >= 11 is 0. The second kappa shape index (κ2) is 13.7. The van der Waals surface area contributed by atoms with Crippen molar-refractivity contribution < 1.29 is 0 Å². The van der Waals surface area contributed by atoms with Crippen molar-refractivity contribution in [2.24, 2.45) is 0 Å². The lowest BCUT2D eigenvalue weighted by Gasteiger charge is -2.43. The first-order chi connectivity index (χ1) is 30.2. The SMILES string of the molecule is CC1(C)CCC(C)(C)c2c(-c3ccccc3-n3c4ccccc4c4cc(-c5ccc6c(c5)c5ccccc5n6-c5cc(-c6ccccc6)c6ccccc6c5)ccc43)cccc21. The molecule has 62 heavy (non-hydrogen) atoms. The van der Waals surface area contributed by atoms with Crippen LogP contribution in [0.4, 0.5) is 0 Å². The summed E-state index contributed by atoms with van der Waals surface area (Å²) in [5.41, 5.74) is 18.0. The van der Waals surface area contributed by atoms with E-state index in [1.165, 1.54) is 123 Å². The van der Waals surface area contributed by atoms with Gasteiger partial charge in [-0.25, -0.2) is 0 Å². The van der Waals surface area contributed by atoms with Gasteiger partial charge in [0.15, 0.2) is 0 Å². The Morgan fingerprint density at radius 1 is 0.355 bits per heavy atom. The Balaban J connectivity index is 1.03. The van der Waals surface area contributed by atoms with Gasteiger partial charge >= 0.3 is 0 Å². The predicted octanol–water partition coefficient (Wildman–Crippen LogP) is 16.4. The van der Waals surface area contributed by atoms with Crippen molar-refractivity contribution in [3.05, 3.63) is 205 Å². The van der Waals surface area contributed by atoms with Crippen LogP contribution in [0.15, 0.2) is 194 Å². The highest BCUT2D eigenvalue weighted by molar-refractivity contribution is 6.13. The highest BCUT2D eigenvalue weighted by atomic mass is 15.0. The summed E-state index contributed by atoms with van der Waals surface area (Å²) in [4.78, 5) is 0. The van der Waals surface area contributed by atoms with E-state index in [1.54, 1.807) is 0 Å². The molecule has 0 fully saturated rings. The van der Waals surface area contributed by atoms with Crippen molar-refractivity contribution in [3.8, 4) is 44.8 Å². The molecular formula is C60H48N2. The van der Waals surface area contributed by atoms with Crippen LogP contribution in [0.3, 0.4) is 0 Å². The number of fused-ring (bicyclic) bond motifs is 8. The first kappa shape index (κ1) is 36.7. The molecule has 2 nitrogen and oxygen atoms in total. The van der Waals surface area contributed by atoms with Crippen LogP contribution in [0.1, 0.15) is 51.7 Å². The molecule has 0 spiro atoms. The number of hydrogen-bond acceptors (Lipinski definition) is 0. The van der Waals surface area contributed by atoms with Gasteiger partial charge in [-0.1, -0.05) is 167 Å². The molecule has 0 bridgehead atoms. The van der Waals surface area contributed by atoms with Gasteiger partial charge in [0.2, 0.25) is 0 Å². The molecular weight excluding hydrogens is 749 g/mol. The molecule has 9 aromatic carbocycles. The van der Waals surface area contributed by atoms with Crippen LogP contribution >= 0.6 is 0 Å². The van der Waals surface area contributed by atoms with Crippen molar-refractivity contribution >= 4 is 54.4 Å². The standard InChI is InChI=1S/C60H48N2/c1-59(2)33-34-60(3,4)58-48(24-16-25-52(58)59)45-21-10-14-27-54(45)62-55-28-15-12-23-47(55)51-37-41(30-32-57(51)62)40-29-31-56-50(36-40)46-22-11-13-26-53(46)61(56)43-35-42-19-8-9-20-44(42)49(38-43)39-17-6-5-7-18-39/h5-32,35-38H,33-34H2,1-4H3. The summed E-state index contributed by atoms with van der Waals surface area (Å²) in [5, 5.41) is 7.52. The van der Waals surface area contributed by atoms with Crippen LogP contribution in [0, 0.1) is 0 Å². The lowest BCUT2D eigenvalue weighted by Crippen LogP contribution is -2.34. The number of hydrogen-bond donors (Lipinski definition) is 0. The van der Waals surface area contributed by atoms with Crippen LogP contribution in [-0.2, 0) is 10.8 Å². The minimum Gasteiger partial charge on any atom is -0.309 e. The van der Waals surface area contributed by atoms with Gasteiger partial charge in [-0.15, -0.1) is 0 Å². The van der Waals surface area contributed by atoms with Crippen LogP contribution in [0.2, 0.25) is 0 Å². The molecule has 0 atom stereocenters. The Bertz CT molecular complexity index is 3580. The Morgan fingerprint density at radius 2 is 0.903 bits per heavy atom. The average Bonchev–Trinajstić information content (AvgIpc) is 3.82. The summed E-state index contributed by atoms with van der Waals surface area (Å²) in [6.45, 7) is 9.72. The molecule has 2 heteroatoms. The molecule has 0 N–H and O–H groups in total. The normalized spacial score (nSPS) is 14.6. The smallest absolute Gasteiger partial charge is 0.0541 e. The van der Waals surface area contributed by atoms with E-state index < -0.39 is 0 Å². The average molecular weight is 797 g/mol. The van der Waals surface area contributed by atoms with Crippen molar-refractivity contribution in [1.29, 1.82) is 0 Å². The molecule has 0 amide bonds. The van der Waals surface area contributed by atoms with Gasteiger partial charge < -0.3 is 9.13 Å². The molecule has 0 saturated carbocycles. The molecule has 0 radical (unpaired) electrons. The monoisotopic (exact) mass is 796 g/mol. The van der Waals surface area contributed by atoms with Crippen molar-refractivity contribution in [2.75, 3.05) is 0 Å². The quantitative estimate of drug-likeness (QED) is 0.164. The number of benzene rings is 9. The van der Waals surface area contributed by atoms with Crippen LogP contribution in [-0.4, -0.2) is 9.13 Å². The Kier molecular flexibility index (Phi) is 8.09. The molecule has 1 aliphatic carbocycles. The minimum absolute atomic E-state index is 0.0816. The number of rotatable bonds is 5. The number of para-hydroxylation sites is 3. The lowest BCUT2D eigenvalue weighted by molar-refractivity contribution is 0.333. The molecule has 11 aromatic rings. The minimum atomic E-state index is 0.0816. The van der Waals surface area contributed by atoms with Crippen molar-refractivity contribution in [1.82, 2.24) is 9.13 Å². The number of aromatic nitrogens is 2. The summed E-state index contributed by atoms with van der Waals surface area (Å²) in [6.07, 6.45) is 2.37. The topological polar surface area (TPSA) is 9.86 Å². The fraction of sp³-hybridized carbons (Fsp3) is 0.133. The van der Waals surface area contributed by atoms with E-state index in [9.17, 15) is 0 Å². The zero-order valence-corrected chi connectivity index (χ0v) is 35.8. The first-order valence-electron chi connectivity index (χ1n) is 22.1. The first-order valence-corrected chi connectivity index (χ1v) is 22.1. The Hall–Kier alpha value is -7.16. The summed E-state index contributed by atoms with van der Waals surface area (Å²) in [6, 6.07) is 72.3. The van der Waals surface area contributed by atoms with Crippen LogP contribution < -0.4 is 0 Å². The molecule has 12 rings (SSSR count). The van der Waals surface area contributed by atoms with Gasteiger partial charge in [-0.2, -0.15) is 0 Å². The van der Waals surface area contributed by atoms with Gasteiger partial charge in [-0.05, 0) is 128 Å². The molecule has 298 valence electrons. The van der Waals surface area contributed by atoms with Gasteiger partial charge in [0, 0.05) is 32.8 Å². The van der Waals surface area contributed by atoms with E-state index in [-0.39, 0.29) is 10.8 Å². The lowest BCUT2D eigenvalue weighted by atomic mass is 9.61. The van der Waals surface area contributed by atoms with Crippen LogP contribution in [0.5, 0.6) is 0 Å². The summed E-state index contributed by atoms with van der Waals surface area (Å²) in [7, 11) is 0. The maximum atomic E-state index is 2.51. The van der Waals surface area contributed by atoms with Gasteiger partial charge in [0.25, 0.3) is 0 Å². The molecule has 0 aliphatic heterocycles. The van der Waals surface area contributed by atoms with Crippen LogP contribution in [0.25, 0.3) is 99.1 Å². The highest BCUT2D eigenvalue weighted by Gasteiger charge is 2.39. The van der Waals surface area contributed by atoms with E-state index in [2.05, 4.69) is 231 Å². The molecule has 0 unspecified atom stereocenters. The Labute approximate surface area is 363 Å². The Morgan fingerprint density at radius 3 is 1.63 bits per heavy atom. The largest absolute Gasteiger partial charge is 0.309 e. The molecule has 1 aliphatic rings. The highest BCUT2D eigenvalue weighted by Crippen LogP contribution is 2.50. The second-order valence-corrected chi connectivity index (χ2v) is 18.8. The third-order valence-electron chi connectivity index (χ3n) is 14.1. The second-order valence-electron chi connectivity index (χ2n) is 18.8. The van der Waals surface area contributed by atoms with Gasteiger partial charge in [0.1, 0.15) is 0 Å². The van der Waals surface area contributed by atoms with E-state index in [4.69, 9.17) is 0 Å². The fourth-order valence-corrected chi connectivity index (χ4v) is 11.0. The summed E-state index contributed by atoms with van der Waals surface area (Å²) < 4.78 is 4.96. The van der Waals surface area contributed by atoms with E-state index in [0.717, 1.165) is 0 Å². The van der Waals surface area contributed by atoms with Crippen molar-refractivity contribution in [3.63, 3.8) is 0 Å². The third kappa shape index (κ3) is 5.56. The van der Waals surface area contributed by atoms with Gasteiger partial charge in [0.05, 0.1) is 27.8 Å².